The normalized spacial score (nSPS) is 12.1. The second-order valence-corrected chi connectivity index (χ2v) is 5.55. The van der Waals surface area contributed by atoms with Crippen molar-refractivity contribution < 1.29 is 19.4 Å². The molecule has 0 rings (SSSR count). The molecule has 0 aliphatic heterocycles. The average molecular weight is 301 g/mol. The lowest BCUT2D eigenvalue weighted by Gasteiger charge is -2.08. The Labute approximate surface area is 128 Å². The van der Waals surface area contributed by atoms with Crippen LogP contribution in [0, 0.1) is 0 Å². The molecule has 0 fully saturated rings. The summed E-state index contributed by atoms with van der Waals surface area (Å²) in [6.45, 7) is 2.34. The Bertz CT molecular complexity index is 281. The molecule has 2 N–H and O–H groups in total. The van der Waals surface area contributed by atoms with Crippen LogP contribution in [-0.2, 0) is 14.3 Å². The number of unbranched alkanes of at least 4 members (excludes halogenated alkanes) is 8. The minimum absolute atomic E-state index is 0.164. The average Bonchev–Trinajstić information content (AvgIpc) is 2.44. The van der Waals surface area contributed by atoms with Crippen LogP contribution in [0.3, 0.4) is 0 Å². The molecule has 1 atom stereocenters. The smallest absolute Gasteiger partial charge is 0.325 e. The summed E-state index contributed by atoms with van der Waals surface area (Å²) in [5.41, 5.74) is 0. The molecule has 5 nitrogen and oxygen atoms in total. The second kappa shape index (κ2) is 13.9. The van der Waals surface area contributed by atoms with Gasteiger partial charge in [0.15, 0.2) is 0 Å². The molecule has 5 heteroatoms. The van der Waals surface area contributed by atoms with Crippen molar-refractivity contribution in [1.29, 1.82) is 0 Å². The number of hydrogen-bond acceptors (Lipinski definition) is 3. The van der Waals surface area contributed by atoms with E-state index in [9.17, 15) is 9.59 Å². The molecular weight excluding hydrogens is 270 g/mol. The largest absolute Gasteiger partial charge is 0.480 e. The fourth-order valence-corrected chi connectivity index (χ4v) is 2.14. The summed E-state index contributed by atoms with van der Waals surface area (Å²) in [7, 11) is 1.74. The van der Waals surface area contributed by atoms with E-state index in [-0.39, 0.29) is 5.91 Å². The zero-order valence-electron chi connectivity index (χ0n) is 13.5. The molecule has 0 radical (unpaired) electrons. The van der Waals surface area contributed by atoms with Gasteiger partial charge in [0.05, 0.1) is 0 Å². The van der Waals surface area contributed by atoms with E-state index in [4.69, 9.17) is 9.84 Å². The number of rotatable bonds is 14. The molecule has 0 bridgehead atoms. The number of aliphatic carboxylic acids is 1. The lowest BCUT2D eigenvalue weighted by Crippen LogP contribution is -2.38. The van der Waals surface area contributed by atoms with Crippen LogP contribution in [0.2, 0.25) is 0 Å². The van der Waals surface area contributed by atoms with E-state index in [0.717, 1.165) is 32.3 Å². The maximum absolute atomic E-state index is 11.4. The van der Waals surface area contributed by atoms with Gasteiger partial charge in [-0.05, 0) is 19.8 Å². The summed E-state index contributed by atoms with van der Waals surface area (Å²) in [5.74, 6) is -1.16. The van der Waals surface area contributed by atoms with E-state index in [1.54, 1.807) is 7.11 Å². The predicted octanol–water partition coefficient (Wildman–Crippen LogP) is 3.12. The van der Waals surface area contributed by atoms with Crippen molar-refractivity contribution >= 4 is 11.9 Å². The molecule has 0 saturated heterocycles. The molecule has 124 valence electrons. The fraction of sp³-hybridized carbons (Fsp3) is 0.875. The van der Waals surface area contributed by atoms with E-state index in [1.165, 1.54) is 39.0 Å². The lowest BCUT2D eigenvalue weighted by atomic mass is 10.1. The monoisotopic (exact) mass is 301 g/mol. The van der Waals surface area contributed by atoms with Gasteiger partial charge in [-0.2, -0.15) is 0 Å². The summed E-state index contributed by atoms with van der Waals surface area (Å²) in [4.78, 5) is 22.0. The molecule has 0 saturated carbocycles. The number of nitrogens with one attached hydrogen (secondary N) is 1. The number of amides is 1. The Morgan fingerprint density at radius 3 is 1.90 bits per heavy atom. The molecule has 0 aromatic carbocycles. The molecule has 0 heterocycles. The number of carboxylic acids is 1. The van der Waals surface area contributed by atoms with Crippen LogP contribution in [0.4, 0.5) is 0 Å². The zero-order chi connectivity index (χ0) is 15.9. The quantitative estimate of drug-likeness (QED) is 0.483. The third-order valence-electron chi connectivity index (χ3n) is 3.50. The van der Waals surface area contributed by atoms with Gasteiger partial charge >= 0.3 is 5.97 Å². The van der Waals surface area contributed by atoms with Crippen molar-refractivity contribution in [2.45, 2.75) is 77.2 Å². The van der Waals surface area contributed by atoms with Crippen molar-refractivity contribution in [3.63, 3.8) is 0 Å². The van der Waals surface area contributed by atoms with Gasteiger partial charge in [0, 0.05) is 20.1 Å². The maximum atomic E-state index is 11.4. The standard InChI is InChI=1S/C16H31NO4/c1-14(16(19)20)17-15(18)12-10-8-6-4-3-5-7-9-11-13-21-2/h14H,3-13H2,1-2H3,(H,17,18)(H,19,20)/t14-/m1/s1. The van der Waals surface area contributed by atoms with Crippen molar-refractivity contribution in [2.75, 3.05) is 13.7 Å². The van der Waals surface area contributed by atoms with E-state index in [1.807, 2.05) is 0 Å². The molecule has 0 aromatic rings. The van der Waals surface area contributed by atoms with Crippen LogP contribution < -0.4 is 5.32 Å². The Morgan fingerprint density at radius 1 is 0.952 bits per heavy atom. The van der Waals surface area contributed by atoms with Crippen molar-refractivity contribution in [3.8, 4) is 0 Å². The van der Waals surface area contributed by atoms with Gasteiger partial charge in [0.1, 0.15) is 6.04 Å². The van der Waals surface area contributed by atoms with Gasteiger partial charge in [-0.25, -0.2) is 0 Å². The highest BCUT2D eigenvalue weighted by atomic mass is 16.5. The van der Waals surface area contributed by atoms with Gasteiger partial charge in [0.2, 0.25) is 5.91 Å². The van der Waals surface area contributed by atoms with Crippen LogP contribution in [0.25, 0.3) is 0 Å². The molecule has 0 aliphatic rings. The molecule has 0 spiro atoms. The predicted molar refractivity (Wildman–Crippen MR) is 83.3 cm³/mol. The Morgan fingerprint density at radius 2 is 1.43 bits per heavy atom. The van der Waals surface area contributed by atoms with Gasteiger partial charge in [-0.3, -0.25) is 9.59 Å². The summed E-state index contributed by atoms with van der Waals surface area (Å²) in [6.07, 6.45) is 10.9. The third-order valence-corrected chi connectivity index (χ3v) is 3.50. The first-order valence-corrected chi connectivity index (χ1v) is 8.09. The van der Waals surface area contributed by atoms with Crippen molar-refractivity contribution in [3.05, 3.63) is 0 Å². The molecule has 21 heavy (non-hydrogen) atoms. The fourth-order valence-electron chi connectivity index (χ4n) is 2.14. The second-order valence-electron chi connectivity index (χ2n) is 5.55. The van der Waals surface area contributed by atoms with Crippen LogP contribution in [-0.4, -0.2) is 36.7 Å². The number of carbonyl (C=O) groups excluding carboxylic acids is 1. The molecule has 0 unspecified atom stereocenters. The van der Waals surface area contributed by atoms with Crippen LogP contribution >= 0.6 is 0 Å². The minimum Gasteiger partial charge on any atom is -0.480 e. The van der Waals surface area contributed by atoms with Gasteiger partial charge in [-0.1, -0.05) is 44.9 Å². The van der Waals surface area contributed by atoms with E-state index >= 15 is 0 Å². The highest BCUT2D eigenvalue weighted by Gasteiger charge is 2.12. The number of carboxylic acid groups (broad SMARTS) is 1. The summed E-state index contributed by atoms with van der Waals surface area (Å²) in [5, 5.41) is 11.1. The minimum atomic E-state index is -0.992. The van der Waals surface area contributed by atoms with Crippen molar-refractivity contribution in [1.82, 2.24) is 5.32 Å². The van der Waals surface area contributed by atoms with Gasteiger partial charge in [-0.15, -0.1) is 0 Å². The molecule has 0 aliphatic carbocycles. The number of methoxy groups -OCH3 is 1. The summed E-state index contributed by atoms with van der Waals surface area (Å²) in [6, 6.07) is -0.796. The van der Waals surface area contributed by atoms with E-state index < -0.39 is 12.0 Å². The van der Waals surface area contributed by atoms with Gasteiger partial charge < -0.3 is 15.2 Å². The summed E-state index contributed by atoms with van der Waals surface area (Å²) >= 11 is 0. The summed E-state index contributed by atoms with van der Waals surface area (Å²) < 4.78 is 5.00. The van der Waals surface area contributed by atoms with Gasteiger partial charge in [0.25, 0.3) is 0 Å². The van der Waals surface area contributed by atoms with Crippen LogP contribution in [0.15, 0.2) is 0 Å². The molecular formula is C16H31NO4. The lowest BCUT2D eigenvalue weighted by molar-refractivity contribution is -0.141. The Kier molecular flexibility index (Phi) is 13.1. The Balaban J connectivity index is 3.25. The molecule has 1 amide bonds. The van der Waals surface area contributed by atoms with E-state index in [2.05, 4.69) is 5.32 Å². The van der Waals surface area contributed by atoms with Crippen LogP contribution in [0.5, 0.6) is 0 Å². The van der Waals surface area contributed by atoms with Crippen molar-refractivity contribution in [2.24, 2.45) is 0 Å². The number of hydrogen-bond donors (Lipinski definition) is 2. The third kappa shape index (κ3) is 13.6. The first-order valence-electron chi connectivity index (χ1n) is 8.09. The first-order chi connectivity index (χ1) is 10.1. The zero-order valence-corrected chi connectivity index (χ0v) is 13.5. The highest BCUT2D eigenvalue weighted by molar-refractivity contribution is 5.83. The number of ether oxygens (including phenoxy) is 1. The topological polar surface area (TPSA) is 75.6 Å². The highest BCUT2D eigenvalue weighted by Crippen LogP contribution is 2.10. The SMILES string of the molecule is COCCCCCCCCCCCC(=O)N[C@H](C)C(=O)O. The van der Waals surface area contributed by atoms with Crippen LogP contribution in [0.1, 0.15) is 71.1 Å². The van der Waals surface area contributed by atoms with E-state index in [0.29, 0.717) is 6.42 Å². The Hall–Kier alpha value is -1.10. The molecule has 0 aromatic heterocycles. The number of carbonyl (C=O) groups is 2. The maximum Gasteiger partial charge on any atom is 0.325 e. The first kappa shape index (κ1) is 19.9.